The van der Waals surface area contributed by atoms with Crippen LogP contribution in [0.15, 0.2) is 30.7 Å². The lowest BCUT2D eigenvalue weighted by Gasteiger charge is -2.30. The van der Waals surface area contributed by atoms with Gasteiger partial charge in [-0.2, -0.15) is 0 Å². The molecule has 3 aromatic heterocycles. The van der Waals surface area contributed by atoms with E-state index in [4.69, 9.17) is 11.5 Å². The fraction of sp³-hybridized carbons (Fsp3) is 0.316. The molecule has 0 aliphatic heterocycles. The molecule has 28 heavy (non-hydrogen) atoms. The number of pyridine rings is 2. The van der Waals surface area contributed by atoms with Crippen molar-refractivity contribution in [3.8, 4) is 0 Å². The summed E-state index contributed by atoms with van der Waals surface area (Å²) in [5.74, 6) is -1.21. The first-order chi connectivity index (χ1) is 13.5. The summed E-state index contributed by atoms with van der Waals surface area (Å²) in [6.45, 7) is 0. The topological polar surface area (TPSA) is 135 Å². The van der Waals surface area contributed by atoms with E-state index < -0.39 is 11.7 Å². The highest BCUT2D eigenvalue weighted by molar-refractivity contribution is 6.00. The van der Waals surface area contributed by atoms with E-state index in [1.165, 1.54) is 0 Å². The van der Waals surface area contributed by atoms with Gasteiger partial charge in [0.05, 0.1) is 29.2 Å². The molecule has 7 N–H and O–H groups in total. The monoisotopic (exact) mass is 383 g/mol. The molecule has 4 rings (SSSR count). The summed E-state index contributed by atoms with van der Waals surface area (Å²) in [6.07, 6.45) is 8.89. The van der Waals surface area contributed by atoms with Crippen LogP contribution in [-0.4, -0.2) is 32.9 Å². The molecule has 0 radical (unpaired) electrons. The molecule has 146 valence electrons. The van der Waals surface area contributed by atoms with Crippen LogP contribution in [0.4, 0.5) is 21.7 Å². The van der Waals surface area contributed by atoms with Gasteiger partial charge in [-0.3, -0.25) is 9.78 Å². The molecule has 1 saturated carbocycles. The number of hydrogen-bond acceptors (Lipinski definition) is 6. The fourth-order valence-corrected chi connectivity index (χ4v) is 3.59. The molecule has 1 fully saturated rings. The minimum Gasteiger partial charge on any atom is -0.365 e. The molecule has 2 unspecified atom stereocenters. The zero-order valence-corrected chi connectivity index (χ0v) is 15.2. The van der Waals surface area contributed by atoms with E-state index in [0.717, 1.165) is 42.7 Å². The number of amides is 1. The number of H-pyrrole nitrogens is 1. The molecular weight excluding hydrogens is 361 g/mol. The Balaban J connectivity index is 1.70. The van der Waals surface area contributed by atoms with Gasteiger partial charge in [0.1, 0.15) is 5.82 Å². The Morgan fingerprint density at radius 1 is 1.25 bits per heavy atom. The average Bonchev–Trinajstić information content (AvgIpc) is 3.15. The second-order valence-electron chi connectivity index (χ2n) is 7.03. The van der Waals surface area contributed by atoms with Crippen molar-refractivity contribution < 1.29 is 9.18 Å². The summed E-state index contributed by atoms with van der Waals surface area (Å²) in [7, 11) is 0. The third-order valence-corrected chi connectivity index (χ3v) is 5.11. The van der Waals surface area contributed by atoms with E-state index in [1.54, 1.807) is 18.6 Å². The maximum Gasteiger partial charge on any atom is 0.252 e. The highest BCUT2D eigenvalue weighted by Gasteiger charge is 2.24. The summed E-state index contributed by atoms with van der Waals surface area (Å²) in [6, 6.07) is 2.82. The quantitative estimate of drug-likeness (QED) is 0.460. The molecule has 0 spiro atoms. The van der Waals surface area contributed by atoms with Gasteiger partial charge in [-0.1, -0.05) is 12.8 Å². The van der Waals surface area contributed by atoms with E-state index in [2.05, 4.69) is 25.6 Å². The van der Waals surface area contributed by atoms with Gasteiger partial charge in [0.2, 0.25) is 0 Å². The van der Waals surface area contributed by atoms with Crippen molar-refractivity contribution in [2.75, 3.05) is 10.6 Å². The minimum absolute atomic E-state index is 0.0384. The minimum atomic E-state index is -0.774. The van der Waals surface area contributed by atoms with Gasteiger partial charge in [0.25, 0.3) is 5.91 Å². The van der Waals surface area contributed by atoms with Crippen LogP contribution in [-0.2, 0) is 0 Å². The first kappa shape index (κ1) is 18.2. The van der Waals surface area contributed by atoms with Crippen molar-refractivity contribution in [2.24, 2.45) is 11.5 Å². The highest BCUT2D eigenvalue weighted by Crippen LogP contribution is 2.29. The number of hydrogen-bond donors (Lipinski definition) is 5. The van der Waals surface area contributed by atoms with Crippen LogP contribution in [0.1, 0.15) is 36.0 Å². The maximum atomic E-state index is 14.6. The Morgan fingerprint density at radius 2 is 2.07 bits per heavy atom. The molecule has 2 atom stereocenters. The number of carbonyl (C=O) groups is 1. The largest absolute Gasteiger partial charge is 0.365 e. The van der Waals surface area contributed by atoms with Gasteiger partial charge < -0.3 is 27.1 Å². The van der Waals surface area contributed by atoms with Crippen LogP contribution < -0.4 is 22.1 Å². The van der Waals surface area contributed by atoms with Crippen LogP contribution in [0.3, 0.4) is 0 Å². The van der Waals surface area contributed by atoms with Crippen LogP contribution in [0, 0.1) is 5.82 Å². The summed E-state index contributed by atoms with van der Waals surface area (Å²) < 4.78 is 14.6. The lowest BCUT2D eigenvalue weighted by Crippen LogP contribution is -2.43. The predicted octanol–water partition coefficient (Wildman–Crippen LogP) is 2.62. The number of nitrogens with two attached hydrogens (primary N) is 2. The predicted molar refractivity (Wildman–Crippen MR) is 106 cm³/mol. The number of nitrogens with one attached hydrogen (secondary N) is 3. The van der Waals surface area contributed by atoms with Crippen molar-refractivity contribution >= 4 is 34.1 Å². The van der Waals surface area contributed by atoms with E-state index >= 15 is 0 Å². The molecule has 0 saturated heterocycles. The number of anilines is 3. The Kier molecular flexibility index (Phi) is 4.82. The molecule has 3 aromatic rings. The molecular formula is C19H22FN7O. The lowest BCUT2D eigenvalue weighted by molar-refractivity contribution is 0.100. The highest BCUT2D eigenvalue weighted by atomic mass is 19.1. The molecule has 0 bridgehead atoms. The number of primary amides is 1. The number of aromatic amines is 1. The Bertz CT molecular complexity index is 1020. The molecule has 3 heterocycles. The zero-order valence-electron chi connectivity index (χ0n) is 15.2. The Labute approximate surface area is 160 Å². The normalized spacial score (nSPS) is 19.5. The smallest absolute Gasteiger partial charge is 0.252 e. The zero-order chi connectivity index (χ0) is 19.7. The maximum absolute atomic E-state index is 14.6. The summed E-state index contributed by atoms with van der Waals surface area (Å²) >= 11 is 0. The second-order valence-corrected chi connectivity index (χ2v) is 7.03. The lowest BCUT2D eigenvalue weighted by atomic mass is 9.91. The third-order valence-electron chi connectivity index (χ3n) is 5.11. The number of rotatable bonds is 5. The van der Waals surface area contributed by atoms with E-state index in [9.17, 15) is 9.18 Å². The molecule has 0 aromatic carbocycles. The average molecular weight is 383 g/mol. The fourth-order valence-electron chi connectivity index (χ4n) is 3.59. The van der Waals surface area contributed by atoms with Gasteiger partial charge in [0, 0.05) is 23.7 Å². The number of nitrogens with zero attached hydrogens (tertiary/aromatic N) is 2. The SMILES string of the molecule is NC(=O)c1cc(F)c(NC2CCCCC2N)nc1Nc1cncc2[nH]ccc12. The van der Waals surface area contributed by atoms with Gasteiger partial charge in [-0.15, -0.1) is 0 Å². The van der Waals surface area contributed by atoms with Crippen molar-refractivity contribution in [3.05, 3.63) is 42.1 Å². The molecule has 1 amide bonds. The standard InChI is InChI=1S/C19H22FN7O/c20-12-7-11(17(22)28)18(26-16-9-23-8-15-10(16)5-6-24-15)27-19(12)25-14-4-2-1-3-13(14)21/h5-9,13-14,24H,1-4,21H2,(H2,22,28)(H2,25,26,27). The summed E-state index contributed by atoms with van der Waals surface area (Å²) in [5.41, 5.74) is 13.0. The molecule has 1 aliphatic rings. The second kappa shape index (κ2) is 7.43. The number of carbonyl (C=O) groups excluding carboxylic acids is 1. The van der Waals surface area contributed by atoms with Crippen molar-refractivity contribution in [1.82, 2.24) is 15.0 Å². The Hall–Kier alpha value is -3.20. The first-order valence-corrected chi connectivity index (χ1v) is 9.23. The van der Waals surface area contributed by atoms with Gasteiger partial charge in [-0.25, -0.2) is 9.37 Å². The van der Waals surface area contributed by atoms with Crippen LogP contribution in [0.2, 0.25) is 0 Å². The van der Waals surface area contributed by atoms with Gasteiger partial charge in [-0.05, 0) is 25.0 Å². The van der Waals surface area contributed by atoms with Crippen molar-refractivity contribution in [2.45, 2.75) is 37.8 Å². The van der Waals surface area contributed by atoms with E-state index in [-0.39, 0.29) is 29.3 Å². The van der Waals surface area contributed by atoms with Gasteiger partial charge in [0.15, 0.2) is 11.6 Å². The van der Waals surface area contributed by atoms with Crippen LogP contribution in [0.25, 0.3) is 10.9 Å². The first-order valence-electron chi connectivity index (χ1n) is 9.23. The summed E-state index contributed by atoms with van der Waals surface area (Å²) in [4.78, 5) is 23.4. The number of aromatic nitrogens is 3. The Morgan fingerprint density at radius 3 is 2.86 bits per heavy atom. The number of fused-ring (bicyclic) bond motifs is 1. The van der Waals surface area contributed by atoms with E-state index in [0.29, 0.717) is 5.69 Å². The van der Waals surface area contributed by atoms with Gasteiger partial charge >= 0.3 is 0 Å². The molecule has 8 nitrogen and oxygen atoms in total. The third kappa shape index (κ3) is 3.48. The van der Waals surface area contributed by atoms with E-state index in [1.807, 2.05) is 6.07 Å². The van der Waals surface area contributed by atoms with Crippen LogP contribution >= 0.6 is 0 Å². The van der Waals surface area contributed by atoms with Crippen molar-refractivity contribution in [1.29, 1.82) is 0 Å². The molecule has 1 aliphatic carbocycles. The van der Waals surface area contributed by atoms with Crippen molar-refractivity contribution in [3.63, 3.8) is 0 Å². The summed E-state index contributed by atoms with van der Waals surface area (Å²) in [5, 5.41) is 7.03. The molecule has 9 heteroatoms. The van der Waals surface area contributed by atoms with Crippen LogP contribution in [0.5, 0.6) is 0 Å². The number of halogens is 1.